The summed E-state index contributed by atoms with van der Waals surface area (Å²) in [5.74, 6) is 0.491. The van der Waals surface area contributed by atoms with Gasteiger partial charge in [-0.05, 0) is 43.0 Å². The van der Waals surface area contributed by atoms with Crippen LogP contribution >= 0.6 is 0 Å². The number of carbonyl (C=O) groups is 1. The molecule has 2 aliphatic heterocycles. The number of anilines is 1. The van der Waals surface area contributed by atoms with E-state index < -0.39 is 5.82 Å². The summed E-state index contributed by atoms with van der Waals surface area (Å²) in [5, 5.41) is 6.32. The predicted octanol–water partition coefficient (Wildman–Crippen LogP) is 2.32. The van der Waals surface area contributed by atoms with Crippen LogP contribution in [-0.2, 0) is 22.5 Å². The molecule has 184 valence electrons. The van der Waals surface area contributed by atoms with Gasteiger partial charge in [0.2, 0.25) is 5.88 Å². The summed E-state index contributed by atoms with van der Waals surface area (Å²) < 4.78 is 31.3. The molecule has 1 saturated heterocycles. The molecule has 0 spiro atoms. The number of nitrogens with two attached hydrogens (primary N) is 1. The quantitative estimate of drug-likeness (QED) is 0.470. The maximum absolute atomic E-state index is 14.7. The van der Waals surface area contributed by atoms with Crippen LogP contribution in [0.3, 0.4) is 0 Å². The van der Waals surface area contributed by atoms with Crippen LogP contribution in [0, 0.1) is 5.82 Å². The van der Waals surface area contributed by atoms with Crippen LogP contribution < -0.4 is 25.8 Å². The van der Waals surface area contributed by atoms with Crippen LogP contribution in [0.15, 0.2) is 36.5 Å². The van der Waals surface area contributed by atoms with E-state index in [0.717, 1.165) is 18.4 Å². The van der Waals surface area contributed by atoms with Crippen LogP contribution in [0.2, 0.25) is 0 Å². The zero-order chi connectivity index (χ0) is 24.4. The summed E-state index contributed by atoms with van der Waals surface area (Å²) in [6, 6.07) is 9.00. The number of hydrogen-bond acceptors (Lipinski definition) is 8. The van der Waals surface area contributed by atoms with Gasteiger partial charge in [0, 0.05) is 30.3 Å². The monoisotopic (exact) mass is 481 g/mol. The van der Waals surface area contributed by atoms with E-state index in [-0.39, 0.29) is 37.1 Å². The van der Waals surface area contributed by atoms with Gasteiger partial charge in [0.1, 0.15) is 11.6 Å². The Hall–Kier alpha value is -3.34. The minimum atomic E-state index is -0.435. The summed E-state index contributed by atoms with van der Waals surface area (Å²) >= 11 is 0. The third kappa shape index (κ3) is 5.19. The molecule has 0 bridgehead atoms. The molecule has 1 amide bonds. The number of hydrogen-bond donors (Lipinski definition) is 3. The number of rotatable bonds is 7. The van der Waals surface area contributed by atoms with Gasteiger partial charge in [-0.3, -0.25) is 9.78 Å². The first-order valence-corrected chi connectivity index (χ1v) is 11.6. The number of fused-ring (bicyclic) bond motifs is 2. The van der Waals surface area contributed by atoms with Crippen molar-refractivity contribution in [1.82, 2.24) is 15.3 Å². The first kappa shape index (κ1) is 23.4. The van der Waals surface area contributed by atoms with E-state index in [4.69, 9.17) is 19.9 Å². The smallest absolute Gasteiger partial charge is 0.262 e. The second-order valence-electron chi connectivity index (χ2n) is 8.87. The number of amides is 1. The van der Waals surface area contributed by atoms with Gasteiger partial charge < -0.3 is 30.6 Å². The van der Waals surface area contributed by atoms with Gasteiger partial charge in [-0.15, -0.1) is 0 Å². The molecule has 1 aromatic carbocycles. The first-order valence-electron chi connectivity index (χ1n) is 11.6. The molecule has 1 fully saturated rings. The van der Waals surface area contributed by atoms with Crippen LogP contribution in [0.25, 0.3) is 11.0 Å². The van der Waals surface area contributed by atoms with Gasteiger partial charge in [0.25, 0.3) is 5.91 Å². The van der Waals surface area contributed by atoms with Crippen molar-refractivity contribution in [1.29, 1.82) is 0 Å². The van der Waals surface area contributed by atoms with Gasteiger partial charge in [-0.1, -0.05) is 6.07 Å². The molecular formula is C25H28FN5O4. The number of nitrogens with one attached hydrogen (secondary N) is 2. The van der Waals surface area contributed by atoms with E-state index >= 15 is 0 Å². The fraction of sp³-hybridized carbons (Fsp3) is 0.400. The summed E-state index contributed by atoms with van der Waals surface area (Å²) in [4.78, 5) is 20.0. The molecular weight excluding hydrogens is 453 g/mol. The zero-order valence-corrected chi connectivity index (χ0v) is 19.4. The van der Waals surface area contributed by atoms with Crippen LogP contribution in [-0.4, -0.2) is 54.4 Å². The van der Waals surface area contributed by atoms with Gasteiger partial charge in [-0.2, -0.15) is 0 Å². The number of nitrogens with zero attached hydrogens (tertiary/aromatic N) is 2. The van der Waals surface area contributed by atoms with Gasteiger partial charge in [0.05, 0.1) is 42.7 Å². The van der Waals surface area contributed by atoms with Crippen molar-refractivity contribution in [3.05, 3.63) is 53.5 Å². The third-order valence-corrected chi connectivity index (χ3v) is 6.45. The maximum atomic E-state index is 14.7. The van der Waals surface area contributed by atoms with E-state index in [1.165, 1.54) is 13.3 Å². The van der Waals surface area contributed by atoms with E-state index in [0.29, 0.717) is 47.1 Å². The molecule has 10 heteroatoms. The van der Waals surface area contributed by atoms with Crippen molar-refractivity contribution in [2.24, 2.45) is 5.73 Å². The zero-order valence-electron chi connectivity index (χ0n) is 19.4. The van der Waals surface area contributed by atoms with Crippen molar-refractivity contribution in [2.75, 3.05) is 25.6 Å². The lowest BCUT2D eigenvalue weighted by Gasteiger charge is -2.33. The molecule has 3 atom stereocenters. The highest BCUT2D eigenvalue weighted by Crippen LogP contribution is 2.29. The molecule has 0 unspecified atom stereocenters. The van der Waals surface area contributed by atoms with Crippen molar-refractivity contribution in [3.8, 4) is 11.6 Å². The molecule has 4 heterocycles. The Morgan fingerprint density at radius 2 is 2.20 bits per heavy atom. The molecule has 0 aliphatic carbocycles. The minimum absolute atomic E-state index is 0.0437. The molecule has 3 aromatic rings. The number of benzene rings is 1. The highest BCUT2D eigenvalue weighted by atomic mass is 19.1. The van der Waals surface area contributed by atoms with Crippen molar-refractivity contribution < 1.29 is 23.4 Å². The Morgan fingerprint density at radius 1 is 1.31 bits per heavy atom. The maximum Gasteiger partial charge on any atom is 0.262 e. The second kappa shape index (κ2) is 10.1. The van der Waals surface area contributed by atoms with Crippen LogP contribution in [0.4, 0.5) is 10.1 Å². The Balaban J connectivity index is 1.16. The lowest BCUT2D eigenvalue weighted by molar-refractivity contribution is -0.118. The van der Waals surface area contributed by atoms with Gasteiger partial charge >= 0.3 is 0 Å². The molecule has 4 N–H and O–H groups in total. The van der Waals surface area contributed by atoms with Crippen molar-refractivity contribution in [2.45, 2.75) is 44.0 Å². The minimum Gasteiger partial charge on any atom is -0.482 e. The number of pyridine rings is 2. The summed E-state index contributed by atoms with van der Waals surface area (Å²) in [7, 11) is 1.52. The highest BCUT2D eigenvalue weighted by molar-refractivity contribution is 5.95. The summed E-state index contributed by atoms with van der Waals surface area (Å²) in [5.41, 5.74) is 9.67. The Morgan fingerprint density at radius 3 is 3.00 bits per heavy atom. The lowest BCUT2D eigenvalue weighted by Crippen LogP contribution is -2.47. The fourth-order valence-corrected chi connectivity index (χ4v) is 4.53. The Bertz CT molecular complexity index is 1230. The summed E-state index contributed by atoms with van der Waals surface area (Å²) in [6.07, 6.45) is 2.95. The lowest BCUT2D eigenvalue weighted by atomic mass is 9.94. The van der Waals surface area contributed by atoms with E-state index in [1.54, 1.807) is 12.1 Å². The predicted molar refractivity (Wildman–Crippen MR) is 128 cm³/mol. The van der Waals surface area contributed by atoms with E-state index in [1.807, 2.05) is 18.2 Å². The number of aromatic nitrogens is 2. The molecule has 2 aromatic heterocycles. The largest absolute Gasteiger partial charge is 0.482 e. The Labute approximate surface area is 202 Å². The molecule has 0 radical (unpaired) electrons. The Kier molecular flexibility index (Phi) is 6.76. The van der Waals surface area contributed by atoms with E-state index in [9.17, 15) is 9.18 Å². The number of carbonyl (C=O) groups excluding carboxylic acids is 1. The average Bonchev–Trinajstić information content (AvgIpc) is 2.88. The molecule has 9 nitrogen and oxygen atoms in total. The van der Waals surface area contributed by atoms with Crippen LogP contribution in [0.5, 0.6) is 11.6 Å². The second-order valence-corrected chi connectivity index (χ2v) is 8.87. The third-order valence-electron chi connectivity index (χ3n) is 6.45. The van der Waals surface area contributed by atoms with E-state index in [2.05, 4.69) is 20.6 Å². The number of methoxy groups -OCH3 is 1. The standard InChI is InChI=1S/C25H28FN5O4/c1-33-24-7-4-19-25(31-24)16(17(26)11-29-19)9-18(27)21-6-3-15(12-34-21)28-10-14-2-5-22-20(8-14)30-23(32)13-35-22/h2,4-5,7-8,11,15,18,21,28H,3,6,9-10,12-13,27H2,1H3,(H,30,32)/t15-,18-,21+/m1/s1. The van der Waals surface area contributed by atoms with Gasteiger partial charge in [0.15, 0.2) is 6.61 Å². The van der Waals surface area contributed by atoms with Crippen molar-refractivity contribution in [3.63, 3.8) is 0 Å². The SMILES string of the molecule is COc1ccc2ncc(F)c(C[C@@H](N)[C@@H]3CC[C@@H](NCc4ccc5c(c4)NC(=O)CO5)CO3)c2n1. The summed E-state index contributed by atoms with van der Waals surface area (Å²) in [6.45, 7) is 1.19. The number of halogens is 1. The fourth-order valence-electron chi connectivity index (χ4n) is 4.53. The normalized spacial score (nSPS) is 20.6. The molecule has 5 rings (SSSR count). The molecule has 2 aliphatic rings. The van der Waals surface area contributed by atoms with Gasteiger partial charge in [-0.25, -0.2) is 9.37 Å². The van der Waals surface area contributed by atoms with Crippen molar-refractivity contribution >= 4 is 22.6 Å². The topological polar surface area (TPSA) is 121 Å². The highest BCUT2D eigenvalue weighted by Gasteiger charge is 2.28. The van der Waals surface area contributed by atoms with Crippen LogP contribution in [0.1, 0.15) is 24.0 Å². The first-order chi connectivity index (χ1) is 17.0. The molecule has 35 heavy (non-hydrogen) atoms. The average molecular weight is 482 g/mol. The number of ether oxygens (including phenoxy) is 3. The molecule has 0 saturated carbocycles.